The molecule has 1 spiro atoms. The summed E-state index contributed by atoms with van der Waals surface area (Å²) in [7, 11) is 0. The van der Waals surface area contributed by atoms with Crippen LogP contribution in [0.4, 0.5) is 5.69 Å². The lowest BCUT2D eigenvalue weighted by molar-refractivity contribution is -0.150. The molecule has 0 aromatic heterocycles. The van der Waals surface area contributed by atoms with Gasteiger partial charge in [0.15, 0.2) is 0 Å². The van der Waals surface area contributed by atoms with Crippen molar-refractivity contribution in [3.05, 3.63) is 24.3 Å². The molecule has 41 heavy (non-hydrogen) atoms. The number of likely N-dealkylation sites (tertiary alicyclic amines) is 1. The van der Waals surface area contributed by atoms with Crippen molar-refractivity contribution in [1.82, 2.24) is 10.2 Å². The molecule has 0 radical (unpaired) electrons. The van der Waals surface area contributed by atoms with Gasteiger partial charge in [0.1, 0.15) is 17.4 Å². The first-order valence-electron chi connectivity index (χ1n) is 15.0. The van der Waals surface area contributed by atoms with E-state index in [1.165, 1.54) is 4.90 Å². The molecule has 3 fully saturated rings. The Balaban J connectivity index is 1.72. The van der Waals surface area contributed by atoms with Crippen LogP contribution >= 0.6 is 0 Å². The largest absolute Gasteiger partial charge is 0.494 e. The third kappa shape index (κ3) is 5.47. The molecule has 9 nitrogen and oxygen atoms in total. The fraction of sp³-hybridized carbons (Fsp3) is 0.719. The maximum Gasteiger partial charge on any atom is 0.246 e. The zero-order valence-corrected chi connectivity index (χ0v) is 26.2. The Hall–Kier alpha value is -2.65. The van der Waals surface area contributed by atoms with Crippen molar-refractivity contribution >= 4 is 23.4 Å². The Morgan fingerprint density at radius 3 is 2.32 bits per heavy atom. The lowest BCUT2D eigenvalue weighted by atomic mass is 9.62. The summed E-state index contributed by atoms with van der Waals surface area (Å²) < 4.78 is 12.3. The number of ether oxygens (including phenoxy) is 2. The highest BCUT2D eigenvalue weighted by atomic mass is 16.5. The van der Waals surface area contributed by atoms with E-state index >= 15 is 0 Å². The molecule has 0 saturated carbocycles. The van der Waals surface area contributed by atoms with E-state index in [9.17, 15) is 19.5 Å². The van der Waals surface area contributed by atoms with Crippen LogP contribution < -0.4 is 15.4 Å². The highest BCUT2D eigenvalue weighted by Crippen LogP contribution is 2.65. The Labute approximate surface area is 244 Å². The molecule has 0 aliphatic carbocycles. The van der Waals surface area contributed by atoms with Crippen molar-refractivity contribution in [3.8, 4) is 5.75 Å². The fourth-order valence-electron chi connectivity index (χ4n) is 7.98. The fourth-order valence-corrected chi connectivity index (χ4v) is 7.98. The highest BCUT2D eigenvalue weighted by molar-refractivity contribution is 6.02. The molecule has 3 saturated heterocycles. The summed E-state index contributed by atoms with van der Waals surface area (Å²) in [6.45, 7) is 18.3. The number of carbonyl (C=O) groups is 3. The van der Waals surface area contributed by atoms with Crippen LogP contribution in [0.15, 0.2) is 24.3 Å². The number of amides is 3. The standard InChI is InChI=1S/C32H49N3O6/c1-10-21(17-36)35-25(27(38)34-30(7,8)18-29(4,5)6)32-16-19(3)31(9,41-32)23(24(32)28(35)39)26(37)33-20-12-14-22(15-13-20)40-11-2/h12-15,19,21,23-25,36H,10-11,16-18H2,1-9H3,(H,33,37)(H,34,38)/t19?,21-,23-,24-,25?,31+,32?/m0/s1. The summed E-state index contributed by atoms with van der Waals surface area (Å²) in [5, 5.41) is 16.5. The minimum absolute atomic E-state index is 0.0335. The summed E-state index contributed by atoms with van der Waals surface area (Å²) in [6, 6.07) is 5.60. The van der Waals surface area contributed by atoms with Gasteiger partial charge in [0.2, 0.25) is 17.7 Å². The highest BCUT2D eigenvalue weighted by Gasteiger charge is 2.80. The molecule has 1 aromatic rings. The monoisotopic (exact) mass is 571 g/mol. The lowest BCUT2D eigenvalue weighted by Crippen LogP contribution is -2.61. The molecule has 3 heterocycles. The van der Waals surface area contributed by atoms with Gasteiger partial charge in [-0.1, -0.05) is 34.6 Å². The van der Waals surface area contributed by atoms with Crippen LogP contribution in [0.2, 0.25) is 0 Å². The number of benzene rings is 1. The van der Waals surface area contributed by atoms with Crippen molar-refractivity contribution in [3.63, 3.8) is 0 Å². The molecule has 3 N–H and O–H groups in total. The molecule has 4 rings (SSSR count). The van der Waals surface area contributed by atoms with Crippen LogP contribution in [0.5, 0.6) is 5.75 Å². The average Bonchev–Trinajstić information content (AvgIpc) is 3.36. The van der Waals surface area contributed by atoms with Crippen molar-refractivity contribution in [2.24, 2.45) is 23.2 Å². The smallest absolute Gasteiger partial charge is 0.246 e. The van der Waals surface area contributed by atoms with Crippen molar-refractivity contribution in [2.45, 2.75) is 110 Å². The van der Waals surface area contributed by atoms with Gasteiger partial charge in [0, 0.05) is 11.2 Å². The van der Waals surface area contributed by atoms with Crippen LogP contribution in [0.25, 0.3) is 0 Å². The van der Waals surface area contributed by atoms with Crippen LogP contribution in [0.3, 0.4) is 0 Å². The molecular weight excluding hydrogens is 522 g/mol. The number of nitrogens with zero attached hydrogens (tertiary/aromatic N) is 1. The third-order valence-corrected chi connectivity index (χ3v) is 9.23. The van der Waals surface area contributed by atoms with Gasteiger partial charge < -0.3 is 30.1 Å². The zero-order chi connectivity index (χ0) is 30.5. The van der Waals surface area contributed by atoms with Crippen molar-refractivity contribution < 1.29 is 29.0 Å². The number of carbonyl (C=O) groups excluding carboxylic acids is 3. The van der Waals surface area contributed by atoms with E-state index in [4.69, 9.17) is 9.47 Å². The normalized spacial score (nSPS) is 31.7. The van der Waals surface area contributed by atoms with E-state index in [0.29, 0.717) is 30.9 Å². The van der Waals surface area contributed by atoms with E-state index in [2.05, 4.69) is 31.4 Å². The number of rotatable bonds is 10. The topological polar surface area (TPSA) is 117 Å². The maximum absolute atomic E-state index is 14.3. The predicted octanol–water partition coefficient (Wildman–Crippen LogP) is 4.14. The summed E-state index contributed by atoms with van der Waals surface area (Å²) in [5.74, 6) is -1.93. The van der Waals surface area contributed by atoms with E-state index in [-0.39, 0.29) is 35.7 Å². The molecule has 3 aliphatic heterocycles. The van der Waals surface area contributed by atoms with Gasteiger partial charge in [-0.2, -0.15) is 0 Å². The van der Waals surface area contributed by atoms with E-state index in [1.807, 2.05) is 41.5 Å². The number of nitrogens with one attached hydrogen (secondary N) is 2. The number of fused-ring (bicyclic) bond motifs is 1. The van der Waals surface area contributed by atoms with E-state index < -0.39 is 40.7 Å². The molecular formula is C32H49N3O6. The second-order valence-corrected chi connectivity index (χ2v) is 14.3. The second kappa shape index (κ2) is 10.9. The molecule has 7 atom stereocenters. The lowest BCUT2D eigenvalue weighted by Gasteiger charge is -2.40. The maximum atomic E-state index is 14.3. The summed E-state index contributed by atoms with van der Waals surface area (Å²) in [6.07, 6.45) is 1.67. The van der Waals surface area contributed by atoms with Gasteiger partial charge in [-0.25, -0.2) is 0 Å². The minimum atomic E-state index is -1.17. The van der Waals surface area contributed by atoms with Gasteiger partial charge in [-0.05, 0) is 82.6 Å². The first-order valence-corrected chi connectivity index (χ1v) is 15.0. The second-order valence-electron chi connectivity index (χ2n) is 14.3. The van der Waals surface area contributed by atoms with Gasteiger partial charge in [-0.15, -0.1) is 0 Å². The van der Waals surface area contributed by atoms with Crippen LogP contribution in [-0.4, -0.2) is 69.8 Å². The predicted molar refractivity (Wildman–Crippen MR) is 157 cm³/mol. The molecule has 3 aliphatic rings. The van der Waals surface area contributed by atoms with Crippen LogP contribution in [-0.2, 0) is 19.1 Å². The molecule has 3 unspecified atom stereocenters. The molecule has 3 amide bonds. The van der Waals surface area contributed by atoms with Crippen LogP contribution in [0.1, 0.15) is 81.6 Å². The first-order chi connectivity index (χ1) is 19.0. The SMILES string of the molecule is CCOc1ccc(NC(=O)[C@@H]2[C@H]3C(=O)N([C@@H](CC)CO)C(C(=O)NC(C)(C)CC(C)(C)C)C34CC(C)[C@@]2(C)O4)cc1. The number of aliphatic hydroxyl groups is 1. The molecule has 228 valence electrons. The quantitative estimate of drug-likeness (QED) is 0.389. The number of anilines is 1. The average molecular weight is 572 g/mol. The molecule has 2 bridgehead atoms. The minimum Gasteiger partial charge on any atom is -0.494 e. The van der Waals surface area contributed by atoms with Crippen molar-refractivity contribution in [1.29, 1.82) is 0 Å². The van der Waals surface area contributed by atoms with Crippen molar-refractivity contribution in [2.75, 3.05) is 18.5 Å². The van der Waals surface area contributed by atoms with E-state index in [0.717, 1.165) is 6.42 Å². The zero-order valence-electron chi connectivity index (χ0n) is 26.2. The van der Waals surface area contributed by atoms with Gasteiger partial charge in [0.05, 0.1) is 36.7 Å². The number of hydrogen-bond acceptors (Lipinski definition) is 6. The van der Waals surface area contributed by atoms with E-state index in [1.54, 1.807) is 24.3 Å². The molecule has 9 heteroatoms. The van der Waals surface area contributed by atoms with Gasteiger partial charge in [-0.3, -0.25) is 14.4 Å². The van der Waals surface area contributed by atoms with Gasteiger partial charge >= 0.3 is 0 Å². The summed E-state index contributed by atoms with van der Waals surface area (Å²) in [5.41, 5.74) is -2.09. The Kier molecular flexibility index (Phi) is 8.30. The first kappa shape index (κ1) is 31.3. The Morgan fingerprint density at radius 1 is 1.15 bits per heavy atom. The Morgan fingerprint density at radius 2 is 1.78 bits per heavy atom. The third-order valence-electron chi connectivity index (χ3n) is 9.23. The number of aliphatic hydroxyl groups excluding tert-OH is 1. The molecule has 1 aromatic carbocycles. The van der Waals surface area contributed by atoms with Gasteiger partial charge in [0.25, 0.3) is 0 Å². The summed E-state index contributed by atoms with van der Waals surface area (Å²) in [4.78, 5) is 44.1. The number of hydrogen-bond donors (Lipinski definition) is 3. The van der Waals surface area contributed by atoms with Crippen LogP contribution in [0, 0.1) is 23.2 Å². The summed E-state index contributed by atoms with van der Waals surface area (Å²) >= 11 is 0. The Bertz CT molecular complexity index is 1160.